The SMILES string of the molecule is CC(=O)OC[C@@H](CO)OC(=O)CCCCCCCCCCCCCCCCC(C)C. The molecule has 0 unspecified atom stereocenters. The van der Waals surface area contributed by atoms with Crippen molar-refractivity contribution in [2.24, 2.45) is 5.92 Å². The quantitative estimate of drug-likeness (QED) is 0.170. The first-order chi connectivity index (χ1) is 14.5. The number of carbonyl (C=O) groups is 2. The summed E-state index contributed by atoms with van der Waals surface area (Å²) in [7, 11) is 0. The third-order valence-electron chi connectivity index (χ3n) is 5.39. The highest BCUT2D eigenvalue weighted by atomic mass is 16.6. The van der Waals surface area contributed by atoms with Crippen molar-refractivity contribution in [2.45, 2.75) is 130 Å². The van der Waals surface area contributed by atoms with Crippen molar-refractivity contribution >= 4 is 11.9 Å². The molecule has 178 valence electrons. The van der Waals surface area contributed by atoms with E-state index in [4.69, 9.17) is 14.6 Å². The van der Waals surface area contributed by atoms with Crippen LogP contribution in [0.1, 0.15) is 124 Å². The van der Waals surface area contributed by atoms with Crippen LogP contribution in [0.15, 0.2) is 0 Å². The molecule has 0 spiro atoms. The van der Waals surface area contributed by atoms with E-state index >= 15 is 0 Å². The number of aliphatic hydroxyl groups is 1. The maximum Gasteiger partial charge on any atom is 0.306 e. The first-order valence-corrected chi connectivity index (χ1v) is 12.4. The summed E-state index contributed by atoms with van der Waals surface area (Å²) in [5.41, 5.74) is 0. The van der Waals surface area contributed by atoms with Crippen LogP contribution in [0.25, 0.3) is 0 Å². The maximum atomic E-state index is 11.7. The highest BCUT2D eigenvalue weighted by Crippen LogP contribution is 2.15. The fourth-order valence-corrected chi connectivity index (χ4v) is 3.52. The van der Waals surface area contributed by atoms with Gasteiger partial charge in [0, 0.05) is 13.3 Å². The molecular weight excluding hydrogens is 380 g/mol. The van der Waals surface area contributed by atoms with E-state index in [9.17, 15) is 9.59 Å². The molecule has 0 aromatic rings. The molecule has 0 heterocycles. The Balaban J connectivity index is 3.32. The lowest BCUT2D eigenvalue weighted by Gasteiger charge is -2.15. The minimum Gasteiger partial charge on any atom is -0.462 e. The molecular formula is C25H48O5. The molecule has 0 aliphatic carbocycles. The second kappa shape index (κ2) is 21.1. The van der Waals surface area contributed by atoms with Crippen molar-refractivity contribution in [1.82, 2.24) is 0 Å². The van der Waals surface area contributed by atoms with Crippen molar-refractivity contribution in [3.8, 4) is 0 Å². The van der Waals surface area contributed by atoms with E-state index in [1.807, 2.05) is 0 Å². The molecule has 1 N–H and O–H groups in total. The third-order valence-corrected chi connectivity index (χ3v) is 5.39. The minimum atomic E-state index is -0.758. The van der Waals surface area contributed by atoms with Crippen LogP contribution in [-0.2, 0) is 19.1 Å². The number of carbonyl (C=O) groups excluding carboxylic acids is 2. The predicted octanol–water partition coefficient (Wildman–Crippen LogP) is 6.35. The van der Waals surface area contributed by atoms with Crippen molar-refractivity contribution in [3.63, 3.8) is 0 Å². The lowest BCUT2D eigenvalue weighted by molar-refractivity contribution is -0.160. The Bertz CT molecular complexity index is 408. The number of hydrogen-bond acceptors (Lipinski definition) is 5. The second-order valence-electron chi connectivity index (χ2n) is 8.98. The minimum absolute atomic E-state index is 0.0874. The molecule has 0 amide bonds. The van der Waals surface area contributed by atoms with Gasteiger partial charge in [-0.25, -0.2) is 0 Å². The smallest absolute Gasteiger partial charge is 0.306 e. The van der Waals surface area contributed by atoms with E-state index < -0.39 is 12.1 Å². The van der Waals surface area contributed by atoms with Gasteiger partial charge in [-0.15, -0.1) is 0 Å². The average Bonchev–Trinajstić information content (AvgIpc) is 2.70. The molecule has 5 heteroatoms. The first kappa shape index (κ1) is 28.9. The van der Waals surface area contributed by atoms with Gasteiger partial charge in [0.2, 0.25) is 0 Å². The van der Waals surface area contributed by atoms with Crippen LogP contribution in [0.4, 0.5) is 0 Å². The molecule has 5 nitrogen and oxygen atoms in total. The standard InChI is InChI=1S/C25H48O5/c1-22(2)18-16-14-12-10-8-6-4-5-7-9-11-13-15-17-19-25(28)30-24(20-26)21-29-23(3)27/h22,24,26H,4-21H2,1-3H3/t24-/m1/s1. The number of hydrogen-bond donors (Lipinski definition) is 1. The van der Waals surface area contributed by atoms with Gasteiger partial charge in [0.15, 0.2) is 6.10 Å². The molecule has 30 heavy (non-hydrogen) atoms. The molecule has 0 radical (unpaired) electrons. The summed E-state index contributed by atoms with van der Waals surface area (Å²) in [6, 6.07) is 0. The zero-order valence-corrected chi connectivity index (χ0v) is 20.0. The fraction of sp³-hybridized carbons (Fsp3) is 0.920. The van der Waals surface area contributed by atoms with Gasteiger partial charge >= 0.3 is 11.9 Å². The second-order valence-corrected chi connectivity index (χ2v) is 8.98. The first-order valence-electron chi connectivity index (χ1n) is 12.4. The van der Waals surface area contributed by atoms with E-state index in [-0.39, 0.29) is 19.2 Å². The molecule has 0 saturated carbocycles. The van der Waals surface area contributed by atoms with Crippen molar-refractivity contribution in [3.05, 3.63) is 0 Å². The van der Waals surface area contributed by atoms with Crippen LogP contribution in [0, 0.1) is 5.92 Å². The van der Waals surface area contributed by atoms with E-state index in [1.165, 1.54) is 84.0 Å². The van der Waals surface area contributed by atoms with E-state index in [0.29, 0.717) is 6.42 Å². The van der Waals surface area contributed by atoms with Gasteiger partial charge in [0.1, 0.15) is 6.61 Å². The Labute approximate surface area is 185 Å². The van der Waals surface area contributed by atoms with E-state index in [1.54, 1.807) is 0 Å². The monoisotopic (exact) mass is 428 g/mol. The van der Waals surface area contributed by atoms with Crippen LogP contribution in [0.3, 0.4) is 0 Å². The Morgan fingerprint density at radius 2 is 1.17 bits per heavy atom. The topological polar surface area (TPSA) is 72.8 Å². The van der Waals surface area contributed by atoms with Gasteiger partial charge in [-0.2, -0.15) is 0 Å². The van der Waals surface area contributed by atoms with E-state index in [0.717, 1.165) is 25.2 Å². The van der Waals surface area contributed by atoms with Crippen molar-refractivity contribution < 1.29 is 24.2 Å². The van der Waals surface area contributed by atoms with Crippen LogP contribution in [0.5, 0.6) is 0 Å². The summed E-state index contributed by atoms with van der Waals surface area (Å²) in [5, 5.41) is 9.14. The lowest BCUT2D eigenvalue weighted by Crippen LogP contribution is -2.28. The number of esters is 2. The summed E-state index contributed by atoms with van der Waals surface area (Å²) in [6.07, 6.45) is 18.9. The maximum absolute atomic E-state index is 11.7. The molecule has 0 fully saturated rings. The summed E-state index contributed by atoms with van der Waals surface area (Å²) in [4.78, 5) is 22.5. The van der Waals surface area contributed by atoms with Gasteiger partial charge in [-0.05, 0) is 12.3 Å². The van der Waals surface area contributed by atoms with Crippen molar-refractivity contribution in [2.75, 3.05) is 13.2 Å². The average molecular weight is 429 g/mol. The van der Waals surface area contributed by atoms with E-state index in [2.05, 4.69) is 13.8 Å². The summed E-state index contributed by atoms with van der Waals surface area (Å²) in [6.45, 7) is 5.48. The zero-order chi connectivity index (χ0) is 22.5. The zero-order valence-electron chi connectivity index (χ0n) is 20.0. The van der Waals surface area contributed by atoms with Crippen LogP contribution >= 0.6 is 0 Å². The molecule has 0 aromatic heterocycles. The fourth-order valence-electron chi connectivity index (χ4n) is 3.52. The molecule has 0 aliphatic heterocycles. The molecule has 0 bridgehead atoms. The molecule has 0 saturated heterocycles. The van der Waals surface area contributed by atoms with Crippen LogP contribution < -0.4 is 0 Å². The molecule has 0 aromatic carbocycles. The van der Waals surface area contributed by atoms with Crippen LogP contribution in [-0.4, -0.2) is 36.4 Å². The summed E-state index contributed by atoms with van der Waals surface area (Å²) in [5.74, 6) is 0.0733. The summed E-state index contributed by atoms with van der Waals surface area (Å²) < 4.78 is 9.87. The Morgan fingerprint density at radius 3 is 1.57 bits per heavy atom. The van der Waals surface area contributed by atoms with Crippen molar-refractivity contribution in [1.29, 1.82) is 0 Å². The van der Waals surface area contributed by atoms with Gasteiger partial charge in [0.25, 0.3) is 0 Å². The molecule has 1 atom stereocenters. The van der Waals surface area contributed by atoms with Gasteiger partial charge in [-0.3, -0.25) is 9.59 Å². The Kier molecular flexibility index (Phi) is 20.4. The predicted molar refractivity (Wildman–Crippen MR) is 122 cm³/mol. The van der Waals surface area contributed by atoms with Crippen LogP contribution in [0.2, 0.25) is 0 Å². The molecule has 0 aliphatic rings. The van der Waals surface area contributed by atoms with Gasteiger partial charge in [-0.1, -0.05) is 104 Å². The number of unbranched alkanes of at least 4 members (excludes halogenated alkanes) is 13. The lowest BCUT2D eigenvalue weighted by atomic mass is 10.0. The number of rotatable bonds is 21. The number of ether oxygens (including phenoxy) is 2. The molecule has 0 rings (SSSR count). The Morgan fingerprint density at radius 1 is 0.733 bits per heavy atom. The van der Waals surface area contributed by atoms with Gasteiger partial charge in [0.05, 0.1) is 6.61 Å². The summed E-state index contributed by atoms with van der Waals surface area (Å²) >= 11 is 0. The Hall–Kier alpha value is -1.10. The highest BCUT2D eigenvalue weighted by molar-refractivity contribution is 5.69. The highest BCUT2D eigenvalue weighted by Gasteiger charge is 2.14. The normalized spacial score (nSPS) is 12.2. The number of aliphatic hydroxyl groups excluding tert-OH is 1. The third kappa shape index (κ3) is 21.6. The van der Waals surface area contributed by atoms with Gasteiger partial charge < -0.3 is 14.6 Å². The largest absolute Gasteiger partial charge is 0.462 e.